The molecule has 1 saturated heterocycles. The molecular weight excluding hydrogens is 348 g/mol. The van der Waals surface area contributed by atoms with Gasteiger partial charge in [0.15, 0.2) is 0 Å². The number of quaternary nitrogens is 2. The third-order valence-corrected chi connectivity index (χ3v) is 5.71. The first-order valence-corrected chi connectivity index (χ1v) is 10.6. The molecule has 1 aliphatic heterocycles. The first kappa shape index (κ1) is 20.8. The lowest BCUT2D eigenvalue weighted by Gasteiger charge is -2.30. The Bertz CT molecular complexity index is 725. The van der Waals surface area contributed by atoms with E-state index in [1.54, 1.807) is 4.90 Å². The molecule has 4 heteroatoms. The van der Waals surface area contributed by atoms with Crippen LogP contribution in [0, 0.1) is 6.92 Å². The topological polar surface area (TPSA) is 38.3 Å². The third kappa shape index (κ3) is 6.06. The van der Waals surface area contributed by atoms with Crippen LogP contribution < -0.4 is 14.5 Å². The zero-order valence-electron chi connectivity index (χ0n) is 17.6. The fourth-order valence-electron chi connectivity index (χ4n) is 4.04. The van der Waals surface area contributed by atoms with E-state index in [2.05, 4.69) is 69.3 Å². The Balaban J connectivity index is 1.43. The Hall–Kier alpha value is -1.88. The highest BCUT2D eigenvalue weighted by Crippen LogP contribution is 2.27. The maximum absolute atomic E-state index is 10.5. The van der Waals surface area contributed by atoms with Crippen molar-refractivity contribution in [1.82, 2.24) is 0 Å². The number of rotatable bonds is 8. The van der Waals surface area contributed by atoms with Crippen LogP contribution in [0.1, 0.15) is 36.5 Å². The van der Waals surface area contributed by atoms with Crippen molar-refractivity contribution in [2.24, 2.45) is 0 Å². The summed E-state index contributed by atoms with van der Waals surface area (Å²) in [5.74, 6) is 1.33. The third-order valence-electron chi connectivity index (χ3n) is 5.71. The summed E-state index contributed by atoms with van der Waals surface area (Å²) in [6.07, 6.45) is -0.425. The lowest BCUT2D eigenvalue weighted by Crippen LogP contribution is -3.28. The van der Waals surface area contributed by atoms with Crippen LogP contribution in [-0.4, -0.2) is 50.5 Å². The van der Waals surface area contributed by atoms with E-state index in [0.29, 0.717) is 12.5 Å². The van der Waals surface area contributed by atoms with Gasteiger partial charge in [-0.15, -0.1) is 0 Å². The number of hydrogen-bond acceptors (Lipinski definition) is 2. The van der Waals surface area contributed by atoms with Crippen LogP contribution in [0.25, 0.3) is 0 Å². The van der Waals surface area contributed by atoms with Crippen molar-refractivity contribution in [3.8, 4) is 5.75 Å². The zero-order valence-corrected chi connectivity index (χ0v) is 17.6. The molecule has 4 nitrogen and oxygen atoms in total. The summed E-state index contributed by atoms with van der Waals surface area (Å²) >= 11 is 0. The first-order chi connectivity index (χ1) is 13.5. The molecular formula is C24H36N2O2+2. The summed E-state index contributed by atoms with van der Waals surface area (Å²) in [6.45, 7) is 13.2. The molecule has 1 heterocycles. The number of ether oxygens (including phenoxy) is 1. The molecule has 2 aromatic carbocycles. The number of aliphatic hydroxyl groups excluding tert-OH is 1. The molecule has 1 atom stereocenters. The number of aliphatic hydroxyl groups is 1. The molecule has 0 bridgehead atoms. The lowest BCUT2D eigenvalue weighted by atomic mass is 10.0. The Morgan fingerprint density at radius 1 is 0.964 bits per heavy atom. The Morgan fingerprint density at radius 3 is 2.32 bits per heavy atom. The van der Waals surface area contributed by atoms with Gasteiger partial charge in [-0.05, 0) is 30.0 Å². The van der Waals surface area contributed by atoms with Crippen LogP contribution in [0.15, 0.2) is 48.5 Å². The van der Waals surface area contributed by atoms with E-state index in [0.717, 1.165) is 45.0 Å². The molecule has 2 aromatic rings. The maximum Gasteiger partial charge on any atom is 0.137 e. The van der Waals surface area contributed by atoms with E-state index >= 15 is 0 Å². The number of aryl methyl sites for hydroxylation is 1. The Kier molecular flexibility index (Phi) is 7.49. The average molecular weight is 385 g/mol. The molecule has 0 aromatic heterocycles. The van der Waals surface area contributed by atoms with Gasteiger partial charge in [0, 0.05) is 5.56 Å². The van der Waals surface area contributed by atoms with E-state index in [4.69, 9.17) is 4.74 Å². The van der Waals surface area contributed by atoms with Gasteiger partial charge in [0.05, 0.1) is 0 Å². The lowest BCUT2D eigenvalue weighted by molar-refractivity contribution is -1.02. The van der Waals surface area contributed by atoms with Crippen LogP contribution in [0.3, 0.4) is 0 Å². The minimum Gasteiger partial charge on any atom is -0.490 e. The van der Waals surface area contributed by atoms with Crippen molar-refractivity contribution >= 4 is 0 Å². The monoisotopic (exact) mass is 384 g/mol. The van der Waals surface area contributed by atoms with Crippen molar-refractivity contribution in [2.45, 2.75) is 39.3 Å². The van der Waals surface area contributed by atoms with Crippen LogP contribution in [0.4, 0.5) is 0 Å². The van der Waals surface area contributed by atoms with Crippen molar-refractivity contribution in [3.05, 3.63) is 65.2 Å². The van der Waals surface area contributed by atoms with Gasteiger partial charge in [0.1, 0.15) is 57.7 Å². The molecule has 3 rings (SSSR count). The molecule has 0 spiro atoms. The number of piperazine rings is 1. The second-order valence-corrected chi connectivity index (χ2v) is 8.53. The standard InChI is InChI=1S/C24H34N2O2/c1-19(2)23-10-9-20(3)15-24(23)28-18-22(27)17-26-13-11-25(12-14-26)16-21-7-5-4-6-8-21/h4-10,15,19,22,27H,11-14,16-18H2,1-3H3/p+2/t22-/m0/s1. The zero-order chi connectivity index (χ0) is 19.9. The highest BCUT2D eigenvalue weighted by molar-refractivity contribution is 5.39. The van der Waals surface area contributed by atoms with E-state index in [-0.39, 0.29) is 0 Å². The molecule has 3 N–H and O–H groups in total. The van der Waals surface area contributed by atoms with E-state index in [9.17, 15) is 5.11 Å². The van der Waals surface area contributed by atoms with Crippen LogP contribution in [0.5, 0.6) is 5.75 Å². The smallest absolute Gasteiger partial charge is 0.137 e. The fourth-order valence-corrected chi connectivity index (χ4v) is 4.04. The maximum atomic E-state index is 10.5. The van der Waals surface area contributed by atoms with E-state index in [1.165, 1.54) is 21.6 Å². The van der Waals surface area contributed by atoms with Gasteiger partial charge in [-0.2, -0.15) is 0 Å². The van der Waals surface area contributed by atoms with E-state index in [1.807, 2.05) is 0 Å². The van der Waals surface area contributed by atoms with Crippen LogP contribution >= 0.6 is 0 Å². The van der Waals surface area contributed by atoms with Crippen LogP contribution in [-0.2, 0) is 6.54 Å². The summed E-state index contributed by atoms with van der Waals surface area (Å²) in [5, 5.41) is 10.5. The molecule has 0 amide bonds. The summed E-state index contributed by atoms with van der Waals surface area (Å²) in [6, 6.07) is 17.1. The number of hydrogen-bond donors (Lipinski definition) is 3. The molecule has 1 fully saturated rings. The molecule has 28 heavy (non-hydrogen) atoms. The second kappa shape index (κ2) is 10.1. The normalized spacial score (nSPS) is 20.9. The van der Waals surface area contributed by atoms with Crippen molar-refractivity contribution < 1.29 is 19.6 Å². The predicted octanol–water partition coefficient (Wildman–Crippen LogP) is 0.842. The highest BCUT2D eigenvalue weighted by Gasteiger charge is 2.25. The van der Waals surface area contributed by atoms with Crippen molar-refractivity contribution in [2.75, 3.05) is 39.3 Å². The quantitative estimate of drug-likeness (QED) is 0.631. The van der Waals surface area contributed by atoms with Gasteiger partial charge >= 0.3 is 0 Å². The largest absolute Gasteiger partial charge is 0.490 e. The molecule has 0 unspecified atom stereocenters. The summed E-state index contributed by atoms with van der Waals surface area (Å²) < 4.78 is 6.01. The Labute approximate surface area is 169 Å². The van der Waals surface area contributed by atoms with Gasteiger partial charge in [-0.25, -0.2) is 0 Å². The molecule has 0 saturated carbocycles. The SMILES string of the molecule is Cc1ccc(C(C)C)c(OC[C@@H](O)C[NH+]2CC[NH+](Cc3ccccc3)CC2)c1. The van der Waals surface area contributed by atoms with Gasteiger partial charge in [0.25, 0.3) is 0 Å². The van der Waals surface area contributed by atoms with E-state index < -0.39 is 6.10 Å². The molecule has 0 aliphatic carbocycles. The Morgan fingerprint density at radius 2 is 1.64 bits per heavy atom. The minimum atomic E-state index is -0.425. The van der Waals surface area contributed by atoms with Crippen LogP contribution in [0.2, 0.25) is 0 Å². The first-order valence-electron chi connectivity index (χ1n) is 10.6. The molecule has 152 valence electrons. The molecule has 1 aliphatic rings. The van der Waals surface area contributed by atoms with Gasteiger partial charge in [0.2, 0.25) is 0 Å². The average Bonchev–Trinajstić information content (AvgIpc) is 2.68. The van der Waals surface area contributed by atoms with Gasteiger partial charge in [-0.1, -0.05) is 56.3 Å². The van der Waals surface area contributed by atoms with Crippen molar-refractivity contribution in [1.29, 1.82) is 0 Å². The highest BCUT2D eigenvalue weighted by atomic mass is 16.5. The summed E-state index contributed by atoms with van der Waals surface area (Å²) in [4.78, 5) is 3.13. The van der Waals surface area contributed by atoms with Crippen molar-refractivity contribution in [3.63, 3.8) is 0 Å². The van der Waals surface area contributed by atoms with Gasteiger partial charge < -0.3 is 19.6 Å². The summed E-state index contributed by atoms with van der Waals surface area (Å²) in [7, 11) is 0. The van der Waals surface area contributed by atoms with Gasteiger partial charge in [-0.3, -0.25) is 0 Å². The predicted molar refractivity (Wildman–Crippen MR) is 113 cm³/mol. The number of benzene rings is 2. The molecule has 0 radical (unpaired) electrons. The fraction of sp³-hybridized carbons (Fsp3) is 0.500. The second-order valence-electron chi connectivity index (χ2n) is 8.53. The minimum absolute atomic E-state index is 0.368. The summed E-state index contributed by atoms with van der Waals surface area (Å²) in [5.41, 5.74) is 3.81. The number of nitrogens with one attached hydrogen (secondary N) is 2.